The summed E-state index contributed by atoms with van der Waals surface area (Å²) in [5.41, 5.74) is 1.85. The number of hydrogen-bond acceptors (Lipinski definition) is 3. The smallest absolute Gasteiger partial charge is 0.120 e. The summed E-state index contributed by atoms with van der Waals surface area (Å²) in [7, 11) is 0. The molecule has 0 aliphatic rings. The lowest BCUT2D eigenvalue weighted by Crippen LogP contribution is -2.18. The minimum Gasteiger partial charge on any atom is -0.508 e. The predicted octanol–water partition coefficient (Wildman–Crippen LogP) is 3.71. The van der Waals surface area contributed by atoms with Crippen molar-refractivity contribution in [2.45, 2.75) is 19.5 Å². The third-order valence-electron chi connectivity index (χ3n) is 3.00. The van der Waals surface area contributed by atoms with E-state index in [9.17, 15) is 10.2 Å². The summed E-state index contributed by atoms with van der Waals surface area (Å²) in [6.07, 6.45) is 0. The zero-order valence-electron chi connectivity index (χ0n) is 10.6. The fourth-order valence-electron chi connectivity index (χ4n) is 1.87. The molecule has 4 heteroatoms. The summed E-state index contributed by atoms with van der Waals surface area (Å²) in [6, 6.07) is 12.6. The lowest BCUT2D eigenvalue weighted by Gasteiger charge is -2.16. The first-order chi connectivity index (χ1) is 9.06. The number of halogens is 1. The quantitative estimate of drug-likeness (QED) is 0.752. The second kappa shape index (κ2) is 6.08. The van der Waals surface area contributed by atoms with Crippen LogP contribution in [0.4, 0.5) is 0 Å². The summed E-state index contributed by atoms with van der Waals surface area (Å²) >= 11 is 3.40. The molecule has 2 aromatic carbocycles. The van der Waals surface area contributed by atoms with Crippen molar-refractivity contribution in [1.29, 1.82) is 0 Å². The fourth-order valence-corrected chi connectivity index (χ4v) is 2.14. The number of nitrogens with one attached hydrogen (secondary N) is 1. The van der Waals surface area contributed by atoms with Crippen LogP contribution in [0.25, 0.3) is 0 Å². The van der Waals surface area contributed by atoms with E-state index in [0.29, 0.717) is 12.1 Å². The molecule has 0 spiro atoms. The van der Waals surface area contributed by atoms with Crippen molar-refractivity contribution in [3.63, 3.8) is 0 Å². The fraction of sp³-hybridized carbons (Fsp3) is 0.200. The van der Waals surface area contributed by atoms with Crippen LogP contribution in [0.3, 0.4) is 0 Å². The molecule has 0 heterocycles. The summed E-state index contributed by atoms with van der Waals surface area (Å²) in [6.45, 7) is 2.65. The van der Waals surface area contributed by atoms with Crippen molar-refractivity contribution >= 4 is 15.9 Å². The van der Waals surface area contributed by atoms with Gasteiger partial charge in [0.15, 0.2) is 0 Å². The van der Waals surface area contributed by atoms with Crippen molar-refractivity contribution in [3.8, 4) is 11.5 Å². The van der Waals surface area contributed by atoms with Crippen LogP contribution in [0.15, 0.2) is 46.9 Å². The van der Waals surface area contributed by atoms with Crippen LogP contribution in [-0.2, 0) is 6.54 Å². The van der Waals surface area contributed by atoms with Gasteiger partial charge >= 0.3 is 0 Å². The molecule has 0 saturated carbocycles. The number of phenolic OH excluding ortho intramolecular Hbond substituents is 2. The first kappa shape index (κ1) is 13.9. The number of rotatable bonds is 4. The van der Waals surface area contributed by atoms with E-state index in [2.05, 4.69) is 21.2 Å². The van der Waals surface area contributed by atoms with E-state index in [1.807, 2.05) is 31.2 Å². The molecule has 3 N–H and O–H groups in total. The normalized spacial score (nSPS) is 12.3. The van der Waals surface area contributed by atoms with Gasteiger partial charge in [-0.2, -0.15) is 0 Å². The molecule has 0 aromatic heterocycles. The maximum absolute atomic E-state index is 9.78. The summed E-state index contributed by atoms with van der Waals surface area (Å²) in [5.74, 6) is 0.346. The summed E-state index contributed by atoms with van der Waals surface area (Å²) < 4.78 is 1.05. The van der Waals surface area contributed by atoms with Crippen molar-refractivity contribution in [2.24, 2.45) is 0 Å². The van der Waals surface area contributed by atoms with Gasteiger partial charge in [0.25, 0.3) is 0 Å². The molecule has 2 rings (SSSR count). The average molecular weight is 322 g/mol. The first-order valence-corrected chi connectivity index (χ1v) is 6.85. The first-order valence-electron chi connectivity index (χ1n) is 6.06. The van der Waals surface area contributed by atoms with Crippen LogP contribution in [0, 0.1) is 0 Å². The Morgan fingerprint density at radius 1 is 1.11 bits per heavy atom. The molecule has 0 saturated heterocycles. The van der Waals surface area contributed by atoms with Crippen LogP contribution in [-0.4, -0.2) is 10.2 Å². The summed E-state index contributed by atoms with van der Waals surface area (Å²) in [4.78, 5) is 0. The Hall–Kier alpha value is -1.52. The zero-order valence-corrected chi connectivity index (χ0v) is 12.2. The topological polar surface area (TPSA) is 52.5 Å². The minimum atomic E-state index is -0.0456. The maximum Gasteiger partial charge on any atom is 0.120 e. The highest BCUT2D eigenvalue weighted by atomic mass is 79.9. The maximum atomic E-state index is 9.78. The number of benzene rings is 2. The Labute approximate surface area is 121 Å². The van der Waals surface area contributed by atoms with E-state index in [1.165, 1.54) is 12.1 Å². The lowest BCUT2D eigenvalue weighted by atomic mass is 10.1. The molecule has 0 radical (unpaired) electrons. The second-order valence-electron chi connectivity index (χ2n) is 4.47. The molecular formula is C15H16BrNO2. The third-order valence-corrected chi connectivity index (χ3v) is 3.53. The van der Waals surface area contributed by atoms with Crippen molar-refractivity contribution in [3.05, 3.63) is 58.1 Å². The van der Waals surface area contributed by atoms with E-state index in [0.717, 1.165) is 10.0 Å². The van der Waals surface area contributed by atoms with E-state index >= 15 is 0 Å². The van der Waals surface area contributed by atoms with Gasteiger partial charge in [-0.3, -0.25) is 0 Å². The SMILES string of the molecule is CC(NCc1ccc(Br)cc1)c1cc(O)ccc1O. The van der Waals surface area contributed by atoms with Crippen molar-refractivity contribution in [1.82, 2.24) is 5.32 Å². The number of hydrogen-bond donors (Lipinski definition) is 3. The molecule has 19 heavy (non-hydrogen) atoms. The Kier molecular flexibility index (Phi) is 4.45. The Morgan fingerprint density at radius 2 is 1.79 bits per heavy atom. The second-order valence-corrected chi connectivity index (χ2v) is 5.39. The Balaban J connectivity index is 2.03. The Morgan fingerprint density at radius 3 is 2.47 bits per heavy atom. The van der Waals surface area contributed by atoms with Crippen LogP contribution in [0.1, 0.15) is 24.1 Å². The standard InChI is InChI=1S/C15H16BrNO2/c1-10(14-8-13(18)6-7-15(14)19)17-9-11-2-4-12(16)5-3-11/h2-8,10,17-19H,9H2,1H3. The van der Waals surface area contributed by atoms with E-state index < -0.39 is 0 Å². The lowest BCUT2D eigenvalue weighted by molar-refractivity contribution is 0.440. The molecular weight excluding hydrogens is 306 g/mol. The average Bonchev–Trinajstić information content (AvgIpc) is 2.40. The summed E-state index contributed by atoms with van der Waals surface area (Å²) in [5, 5.41) is 22.6. The minimum absolute atomic E-state index is 0.0456. The van der Waals surface area contributed by atoms with E-state index in [1.54, 1.807) is 6.07 Å². The van der Waals surface area contributed by atoms with Crippen molar-refractivity contribution in [2.75, 3.05) is 0 Å². The molecule has 1 atom stereocenters. The molecule has 100 valence electrons. The highest BCUT2D eigenvalue weighted by Gasteiger charge is 2.10. The van der Waals surface area contributed by atoms with Gasteiger partial charge in [0, 0.05) is 22.6 Å². The molecule has 0 aliphatic carbocycles. The molecule has 1 unspecified atom stereocenters. The molecule has 3 nitrogen and oxygen atoms in total. The van der Waals surface area contributed by atoms with Gasteiger partial charge in [0.1, 0.15) is 11.5 Å². The monoisotopic (exact) mass is 321 g/mol. The number of phenols is 2. The van der Waals surface area contributed by atoms with Gasteiger partial charge in [-0.15, -0.1) is 0 Å². The zero-order chi connectivity index (χ0) is 13.8. The van der Waals surface area contributed by atoms with Crippen LogP contribution < -0.4 is 5.32 Å². The molecule has 2 aromatic rings. The Bertz CT molecular complexity index is 555. The largest absolute Gasteiger partial charge is 0.508 e. The van der Waals surface area contributed by atoms with E-state index in [4.69, 9.17) is 0 Å². The van der Waals surface area contributed by atoms with Crippen LogP contribution >= 0.6 is 15.9 Å². The van der Waals surface area contributed by atoms with Gasteiger partial charge in [-0.05, 0) is 42.8 Å². The van der Waals surface area contributed by atoms with Gasteiger partial charge in [-0.1, -0.05) is 28.1 Å². The van der Waals surface area contributed by atoms with Gasteiger partial charge in [0.2, 0.25) is 0 Å². The van der Waals surface area contributed by atoms with Crippen LogP contribution in [0.5, 0.6) is 11.5 Å². The highest BCUT2D eigenvalue weighted by Crippen LogP contribution is 2.27. The predicted molar refractivity (Wildman–Crippen MR) is 79.2 cm³/mol. The molecule has 0 amide bonds. The van der Waals surface area contributed by atoms with Gasteiger partial charge in [0.05, 0.1) is 0 Å². The van der Waals surface area contributed by atoms with Crippen molar-refractivity contribution < 1.29 is 10.2 Å². The van der Waals surface area contributed by atoms with Gasteiger partial charge in [-0.25, -0.2) is 0 Å². The third kappa shape index (κ3) is 3.72. The molecule has 0 bridgehead atoms. The molecule has 0 aliphatic heterocycles. The van der Waals surface area contributed by atoms with Gasteiger partial charge < -0.3 is 15.5 Å². The highest BCUT2D eigenvalue weighted by molar-refractivity contribution is 9.10. The van der Waals surface area contributed by atoms with Crippen LogP contribution in [0.2, 0.25) is 0 Å². The number of aromatic hydroxyl groups is 2. The molecule has 0 fully saturated rings. The van der Waals surface area contributed by atoms with E-state index in [-0.39, 0.29) is 17.5 Å².